The van der Waals surface area contributed by atoms with Crippen LogP contribution in [0.3, 0.4) is 0 Å². The van der Waals surface area contributed by atoms with Gasteiger partial charge in [-0.3, -0.25) is 0 Å². The standard InChI is InChI=1S/C13H7Br2Cl2F3N2/c14-6-22-11(13(18,19)20)10(15)9(5-21)12(22,17)7-1-3-8(16)4-2-7/h1-4,9H,6H2. The molecular weight excluding hydrogens is 472 g/mol. The SMILES string of the molecule is N#CC1C(Br)=C(C(F)(F)F)N(CBr)C1(Cl)c1ccc(Cl)cc1. The van der Waals surface area contributed by atoms with Gasteiger partial charge in [0, 0.05) is 9.51 Å². The summed E-state index contributed by atoms with van der Waals surface area (Å²) in [6.07, 6.45) is -4.65. The van der Waals surface area contributed by atoms with Crippen LogP contribution >= 0.6 is 55.1 Å². The average molecular weight is 479 g/mol. The van der Waals surface area contributed by atoms with E-state index in [1.807, 2.05) is 6.07 Å². The van der Waals surface area contributed by atoms with Gasteiger partial charge in [-0.1, -0.05) is 67.2 Å². The molecule has 0 amide bonds. The molecule has 2 rings (SSSR count). The van der Waals surface area contributed by atoms with Crippen LogP contribution in [0.25, 0.3) is 0 Å². The molecule has 9 heteroatoms. The van der Waals surface area contributed by atoms with Crippen LogP contribution in [0.4, 0.5) is 13.2 Å². The minimum atomic E-state index is -4.65. The summed E-state index contributed by atoms with van der Waals surface area (Å²) >= 11 is 18.3. The Morgan fingerprint density at radius 2 is 1.86 bits per heavy atom. The van der Waals surface area contributed by atoms with Crippen molar-refractivity contribution in [1.82, 2.24) is 4.90 Å². The van der Waals surface area contributed by atoms with E-state index in [0.717, 1.165) is 4.90 Å². The summed E-state index contributed by atoms with van der Waals surface area (Å²) in [7, 11) is 0. The van der Waals surface area contributed by atoms with E-state index in [4.69, 9.17) is 23.2 Å². The first kappa shape index (κ1) is 17.9. The lowest BCUT2D eigenvalue weighted by Gasteiger charge is -2.37. The molecule has 1 aliphatic rings. The molecule has 2 nitrogen and oxygen atoms in total. The van der Waals surface area contributed by atoms with Gasteiger partial charge in [0.25, 0.3) is 0 Å². The topological polar surface area (TPSA) is 27.0 Å². The van der Waals surface area contributed by atoms with Crippen LogP contribution in [0, 0.1) is 17.2 Å². The second-order valence-corrected chi connectivity index (χ2v) is 6.85. The van der Waals surface area contributed by atoms with Crippen molar-refractivity contribution in [2.24, 2.45) is 5.92 Å². The molecule has 0 saturated carbocycles. The maximum atomic E-state index is 13.3. The molecule has 0 radical (unpaired) electrons. The summed E-state index contributed by atoms with van der Waals surface area (Å²) < 4.78 is 39.7. The number of hydrogen-bond acceptors (Lipinski definition) is 2. The highest BCUT2D eigenvalue weighted by atomic mass is 79.9. The average Bonchev–Trinajstić information content (AvgIpc) is 2.66. The first-order valence-corrected chi connectivity index (χ1v) is 8.50. The Labute approximate surface area is 151 Å². The van der Waals surface area contributed by atoms with E-state index in [9.17, 15) is 18.4 Å². The van der Waals surface area contributed by atoms with Crippen LogP contribution in [-0.4, -0.2) is 16.5 Å². The van der Waals surface area contributed by atoms with Crippen LogP contribution in [0.1, 0.15) is 5.56 Å². The second-order valence-electron chi connectivity index (χ2n) is 4.48. The highest BCUT2D eigenvalue weighted by Crippen LogP contribution is 2.57. The van der Waals surface area contributed by atoms with Crippen molar-refractivity contribution in [2.45, 2.75) is 11.2 Å². The molecule has 118 valence electrons. The third kappa shape index (κ3) is 2.75. The molecule has 0 bridgehead atoms. The Morgan fingerprint density at radius 1 is 1.32 bits per heavy atom. The first-order chi connectivity index (χ1) is 10.2. The molecule has 0 N–H and O–H groups in total. The minimum Gasteiger partial charge on any atom is -0.333 e. The lowest BCUT2D eigenvalue weighted by Crippen LogP contribution is -2.43. The molecule has 22 heavy (non-hydrogen) atoms. The minimum absolute atomic E-state index is 0.193. The molecule has 2 atom stereocenters. The predicted octanol–water partition coefficient (Wildman–Crippen LogP) is 5.71. The van der Waals surface area contributed by atoms with Crippen molar-refractivity contribution >= 4 is 55.1 Å². The lowest BCUT2D eigenvalue weighted by molar-refractivity contribution is -0.112. The number of hydrogen-bond donors (Lipinski definition) is 0. The molecule has 1 aliphatic heterocycles. The van der Waals surface area contributed by atoms with Crippen LogP contribution < -0.4 is 0 Å². The quantitative estimate of drug-likeness (QED) is 0.402. The van der Waals surface area contributed by atoms with Gasteiger partial charge >= 0.3 is 6.18 Å². The fourth-order valence-electron chi connectivity index (χ4n) is 2.34. The van der Waals surface area contributed by atoms with Gasteiger partial charge in [-0.25, -0.2) is 0 Å². The summed E-state index contributed by atoms with van der Waals surface area (Å²) in [5.74, 6) is -1.22. The normalized spacial score (nSPS) is 25.5. The lowest BCUT2D eigenvalue weighted by atomic mass is 9.95. The third-order valence-electron chi connectivity index (χ3n) is 3.29. The molecule has 1 aromatic carbocycles. The van der Waals surface area contributed by atoms with Crippen molar-refractivity contribution in [1.29, 1.82) is 5.26 Å². The zero-order valence-corrected chi connectivity index (χ0v) is 15.3. The zero-order chi connectivity index (χ0) is 16.7. The Hall–Kier alpha value is -0.420. The van der Waals surface area contributed by atoms with Crippen molar-refractivity contribution in [2.75, 3.05) is 5.45 Å². The number of rotatable bonds is 2. The van der Waals surface area contributed by atoms with E-state index in [2.05, 4.69) is 31.9 Å². The summed E-state index contributed by atoms with van der Waals surface area (Å²) in [5, 5.41) is 9.77. The van der Waals surface area contributed by atoms with Gasteiger partial charge in [-0.05, 0) is 17.7 Å². The Balaban J connectivity index is 2.66. The molecule has 2 unspecified atom stereocenters. The Morgan fingerprint density at radius 3 is 2.27 bits per heavy atom. The number of nitriles is 1. The molecular formula is C13H7Br2Cl2F3N2. The van der Waals surface area contributed by atoms with Crippen LogP contribution in [0.15, 0.2) is 34.4 Å². The van der Waals surface area contributed by atoms with Gasteiger partial charge in [0.15, 0.2) is 5.00 Å². The van der Waals surface area contributed by atoms with Gasteiger partial charge in [0.1, 0.15) is 11.6 Å². The number of allylic oxidation sites excluding steroid dienone is 1. The molecule has 0 aromatic heterocycles. The van der Waals surface area contributed by atoms with Crippen molar-refractivity contribution in [3.63, 3.8) is 0 Å². The number of halogens is 7. The van der Waals surface area contributed by atoms with Crippen LogP contribution in [0.2, 0.25) is 5.02 Å². The van der Waals surface area contributed by atoms with Crippen molar-refractivity contribution in [3.05, 3.63) is 45.0 Å². The van der Waals surface area contributed by atoms with Crippen molar-refractivity contribution < 1.29 is 13.2 Å². The fraction of sp³-hybridized carbons (Fsp3) is 0.308. The molecule has 0 saturated heterocycles. The zero-order valence-electron chi connectivity index (χ0n) is 10.6. The van der Waals surface area contributed by atoms with Gasteiger partial charge in [0.2, 0.25) is 0 Å². The van der Waals surface area contributed by atoms with Gasteiger partial charge in [-0.15, -0.1) is 0 Å². The van der Waals surface area contributed by atoms with Gasteiger partial charge in [0.05, 0.1) is 11.5 Å². The second kappa shape index (κ2) is 6.23. The van der Waals surface area contributed by atoms with Crippen molar-refractivity contribution in [3.8, 4) is 6.07 Å². The number of alkyl halides is 5. The van der Waals surface area contributed by atoms with Gasteiger partial charge < -0.3 is 4.90 Å². The monoisotopic (exact) mass is 476 g/mol. The fourth-order valence-corrected chi connectivity index (χ4v) is 4.68. The molecule has 0 fully saturated rings. The predicted molar refractivity (Wildman–Crippen MR) is 85.7 cm³/mol. The van der Waals surface area contributed by atoms with E-state index < -0.39 is 22.8 Å². The molecule has 1 heterocycles. The molecule has 1 aromatic rings. The van der Waals surface area contributed by atoms with E-state index in [0.29, 0.717) is 10.6 Å². The third-order valence-corrected chi connectivity index (χ3v) is 5.52. The summed E-state index contributed by atoms with van der Waals surface area (Å²) in [6, 6.07) is 7.90. The largest absolute Gasteiger partial charge is 0.432 e. The number of nitrogens with zero attached hydrogens (tertiary/aromatic N) is 2. The van der Waals surface area contributed by atoms with E-state index in [1.165, 1.54) is 24.3 Å². The molecule has 0 spiro atoms. The molecule has 0 aliphatic carbocycles. The maximum absolute atomic E-state index is 13.3. The van der Waals surface area contributed by atoms with Gasteiger partial charge in [-0.2, -0.15) is 18.4 Å². The van der Waals surface area contributed by atoms with E-state index >= 15 is 0 Å². The summed E-state index contributed by atoms with van der Waals surface area (Å²) in [5.41, 5.74) is -0.817. The first-order valence-electron chi connectivity index (χ1n) is 5.83. The van der Waals surface area contributed by atoms with E-state index in [1.54, 1.807) is 0 Å². The highest BCUT2D eigenvalue weighted by Gasteiger charge is 2.59. The maximum Gasteiger partial charge on any atom is 0.432 e. The van der Waals surface area contributed by atoms with Crippen LogP contribution in [-0.2, 0) is 5.00 Å². The van der Waals surface area contributed by atoms with Crippen LogP contribution in [0.5, 0.6) is 0 Å². The number of benzene rings is 1. The Kier molecular flexibility index (Phi) is 5.08. The highest BCUT2D eigenvalue weighted by molar-refractivity contribution is 9.11. The summed E-state index contributed by atoms with van der Waals surface area (Å²) in [4.78, 5) is -0.776. The smallest absolute Gasteiger partial charge is 0.333 e. The van der Waals surface area contributed by atoms with E-state index in [-0.39, 0.29) is 9.94 Å². The Bertz CT molecular complexity index is 655. The summed E-state index contributed by atoms with van der Waals surface area (Å²) in [6.45, 7) is 0.